The summed E-state index contributed by atoms with van der Waals surface area (Å²) in [4.78, 5) is 29.9. The van der Waals surface area contributed by atoms with Crippen molar-refractivity contribution < 1.29 is 4.79 Å². The van der Waals surface area contributed by atoms with Gasteiger partial charge in [-0.3, -0.25) is 4.98 Å². The number of hydrogen-bond donors (Lipinski definition) is 1. The summed E-state index contributed by atoms with van der Waals surface area (Å²) in [5.41, 5.74) is 3.57. The lowest BCUT2D eigenvalue weighted by atomic mass is 10.1. The Labute approximate surface area is 154 Å². The average Bonchev–Trinajstić information content (AvgIpc) is 2.64. The zero-order valence-corrected chi connectivity index (χ0v) is 15.9. The van der Waals surface area contributed by atoms with Gasteiger partial charge in [0.15, 0.2) is 0 Å². The van der Waals surface area contributed by atoms with E-state index in [1.165, 1.54) is 0 Å². The molecule has 138 valence electrons. The van der Waals surface area contributed by atoms with Gasteiger partial charge >= 0.3 is 6.03 Å². The fraction of sp³-hybridized carbons (Fsp3) is 0.474. The lowest BCUT2D eigenvalue weighted by molar-refractivity contribution is 0.208. The first-order valence-electron chi connectivity index (χ1n) is 9.02. The van der Waals surface area contributed by atoms with E-state index in [0.717, 1.165) is 41.8 Å². The van der Waals surface area contributed by atoms with Gasteiger partial charge in [-0.05, 0) is 38.0 Å². The van der Waals surface area contributed by atoms with Crippen molar-refractivity contribution in [3.63, 3.8) is 0 Å². The molecule has 7 heteroatoms. The van der Waals surface area contributed by atoms with Crippen LogP contribution in [0.1, 0.15) is 36.8 Å². The van der Waals surface area contributed by atoms with Gasteiger partial charge in [0.05, 0.1) is 11.4 Å². The highest BCUT2D eigenvalue weighted by Gasteiger charge is 2.23. The Hall–Kier alpha value is -2.70. The van der Waals surface area contributed by atoms with Gasteiger partial charge < -0.3 is 15.1 Å². The number of amides is 2. The maximum absolute atomic E-state index is 12.5. The van der Waals surface area contributed by atoms with Crippen LogP contribution in [0.4, 0.5) is 16.4 Å². The number of aryl methyl sites for hydroxylation is 2. The van der Waals surface area contributed by atoms with E-state index in [4.69, 9.17) is 0 Å². The first kappa shape index (κ1) is 18.1. The van der Waals surface area contributed by atoms with Gasteiger partial charge in [0.1, 0.15) is 0 Å². The summed E-state index contributed by atoms with van der Waals surface area (Å²) in [6.45, 7) is 10.8. The fourth-order valence-corrected chi connectivity index (χ4v) is 2.96. The monoisotopic (exact) mass is 354 g/mol. The van der Waals surface area contributed by atoms with E-state index >= 15 is 0 Å². The summed E-state index contributed by atoms with van der Waals surface area (Å²) in [5, 5.41) is 2.96. The molecular formula is C19H26N6O. The molecule has 1 fully saturated rings. The molecule has 1 N–H and O–H groups in total. The molecule has 7 nitrogen and oxygen atoms in total. The van der Waals surface area contributed by atoms with E-state index in [-0.39, 0.29) is 6.03 Å². The van der Waals surface area contributed by atoms with Crippen LogP contribution in [0.15, 0.2) is 24.4 Å². The minimum absolute atomic E-state index is 0.0877. The van der Waals surface area contributed by atoms with E-state index < -0.39 is 0 Å². The molecule has 1 saturated heterocycles. The van der Waals surface area contributed by atoms with Gasteiger partial charge in [0.2, 0.25) is 5.95 Å². The highest BCUT2D eigenvalue weighted by molar-refractivity contribution is 5.90. The van der Waals surface area contributed by atoms with Gasteiger partial charge in [0, 0.05) is 43.8 Å². The molecule has 1 aliphatic heterocycles. The Morgan fingerprint density at radius 1 is 1.08 bits per heavy atom. The number of piperazine rings is 1. The highest BCUT2D eigenvalue weighted by Crippen LogP contribution is 2.17. The van der Waals surface area contributed by atoms with Crippen LogP contribution in [0.3, 0.4) is 0 Å². The summed E-state index contributed by atoms with van der Waals surface area (Å²) in [6.07, 6.45) is 1.81. The quantitative estimate of drug-likeness (QED) is 0.917. The third-order valence-corrected chi connectivity index (χ3v) is 4.57. The van der Waals surface area contributed by atoms with Crippen LogP contribution in [0, 0.1) is 13.8 Å². The highest BCUT2D eigenvalue weighted by atomic mass is 16.2. The largest absolute Gasteiger partial charge is 0.337 e. The second-order valence-electron chi connectivity index (χ2n) is 6.93. The molecule has 0 saturated carbocycles. The van der Waals surface area contributed by atoms with Crippen LogP contribution in [-0.4, -0.2) is 52.1 Å². The third-order valence-electron chi connectivity index (χ3n) is 4.57. The van der Waals surface area contributed by atoms with Crippen molar-refractivity contribution in [3.8, 4) is 0 Å². The number of urea groups is 1. The molecule has 0 aliphatic carbocycles. The lowest BCUT2D eigenvalue weighted by Crippen LogP contribution is -2.50. The molecular weight excluding hydrogens is 328 g/mol. The summed E-state index contributed by atoms with van der Waals surface area (Å²) in [7, 11) is 0. The van der Waals surface area contributed by atoms with Crippen LogP contribution in [0.25, 0.3) is 0 Å². The Morgan fingerprint density at radius 2 is 1.81 bits per heavy atom. The smallest absolute Gasteiger partial charge is 0.322 e. The zero-order valence-electron chi connectivity index (χ0n) is 15.9. The van der Waals surface area contributed by atoms with Crippen molar-refractivity contribution in [3.05, 3.63) is 41.5 Å². The van der Waals surface area contributed by atoms with Crippen molar-refractivity contribution in [2.45, 2.75) is 33.6 Å². The molecule has 0 bridgehead atoms. The standard InChI is InChI=1S/C19H26N6O/c1-13(2)16-7-8-20-18(22-16)24-9-11-25(12-10-24)19(26)23-17-6-5-14(3)21-15(17)4/h5-8,13H,9-12H2,1-4H3,(H,23,26). The van der Waals surface area contributed by atoms with Crippen LogP contribution >= 0.6 is 0 Å². The second-order valence-corrected chi connectivity index (χ2v) is 6.93. The molecule has 3 heterocycles. The molecule has 0 unspecified atom stereocenters. The number of aromatic nitrogens is 3. The topological polar surface area (TPSA) is 74.2 Å². The molecule has 0 aromatic carbocycles. The van der Waals surface area contributed by atoms with Gasteiger partial charge in [-0.2, -0.15) is 0 Å². The number of nitrogens with zero attached hydrogens (tertiary/aromatic N) is 5. The number of anilines is 2. The molecule has 2 amide bonds. The number of carbonyl (C=O) groups is 1. The van der Waals surface area contributed by atoms with Crippen LogP contribution in [0.5, 0.6) is 0 Å². The predicted octanol–water partition coefficient (Wildman–Crippen LogP) is 2.97. The van der Waals surface area contributed by atoms with E-state index in [0.29, 0.717) is 19.0 Å². The number of pyridine rings is 1. The van der Waals surface area contributed by atoms with E-state index in [2.05, 4.69) is 39.0 Å². The van der Waals surface area contributed by atoms with Crippen molar-refractivity contribution in [2.24, 2.45) is 0 Å². The Kier molecular flexibility index (Phi) is 5.35. The maximum atomic E-state index is 12.5. The number of hydrogen-bond acceptors (Lipinski definition) is 5. The number of nitrogens with one attached hydrogen (secondary N) is 1. The lowest BCUT2D eigenvalue weighted by Gasteiger charge is -2.34. The third kappa shape index (κ3) is 4.09. The number of carbonyl (C=O) groups excluding carboxylic acids is 1. The minimum Gasteiger partial charge on any atom is -0.337 e. The summed E-state index contributed by atoms with van der Waals surface area (Å²) < 4.78 is 0. The number of rotatable bonds is 3. The molecule has 0 spiro atoms. The van der Waals surface area contributed by atoms with Gasteiger partial charge in [-0.1, -0.05) is 13.8 Å². The molecule has 3 rings (SSSR count). The predicted molar refractivity (Wildman–Crippen MR) is 103 cm³/mol. The summed E-state index contributed by atoms with van der Waals surface area (Å²) >= 11 is 0. The minimum atomic E-state index is -0.0877. The molecule has 1 aliphatic rings. The van der Waals surface area contributed by atoms with Crippen molar-refractivity contribution in [1.82, 2.24) is 19.9 Å². The Bertz CT molecular complexity index is 783. The first-order valence-corrected chi connectivity index (χ1v) is 9.02. The summed E-state index contributed by atoms with van der Waals surface area (Å²) in [6, 6.07) is 5.67. The summed E-state index contributed by atoms with van der Waals surface area (Å²) in [5.74, 6) is 1.12. The van der Waals surface area contributed by atoms with Gasteiger partial charge in [-0.15, -0.1) is 0 Å². The van der Waals surface area contributed by atoms with E-state index in [9.17, 15) is 4.79 Å². The van der Waals surface area contributed by atoms with Crippen molar-refractivity contribution in [2.75, 3.05) is 36.4 Å². The van der Waals surface area contributed by atoms with Gasteiger partial charge in [-0.25, -0.2) is 14.8 Å². The zero-order chi connectivity index (χ0) is 18.7. The van der Waals surface area contributed by atoms with Crippen molar-refractivity contribution in [1.29, 1.82) is 0 Å². The maximum Gasteiger partial charge on any atom is 0.322 e. The molecule has 0 radical (unpaired) electrons. The Balaban J connectivity index is 1.59. The van der Waals surface area contributed by atoms with Crippen LogP contribution in [0.2, 0.25) is 0 Å². The van der Waals surface area contributed by atoms with Crippen LogP contribution in [-0.2, 0) is 0 Å². The van der Waals surface area contributed by atoms with Crippen molar-refractivity contribution >= 4 is 17.7 Å². The normalized spacial score (nSPS) is 14.7. The molecule has 2 aromatic heterocycles. The average molecular weight is 354 g/mol. The molecule has 2 aromatic rings. The van der Waals surface area contributed by atoms with Gasteiger partial charge in [0.25, 0.3) is 0 Å². The van der Waals surface area contributed by atoms with Crippen LogP contribution < -0.4 is 10.2 Å². The first-order chi connectivity index (χ1) is 12.4. The Morgan fingerprint density at radius 3 is 2.46 bits per heavy atom. The fourth-order valence-electron chi connectivity index (χ4n) is 2.96. The SMILES string of the molecule is Cc1ccc(NC(=O)N2CCN(c3nccc(C(C)C)n3)CC2)c(C)n1. The second kappa shape index (κ2) is 7.68. The van der Waals surface area contributed by atoms with E-state index in [1.54, 1.807) is 0 Å². The molecule has 0 atom stereocenters. The van der Waals surface area contributed by atoms with E-state index in [1.807, 2.05) is 43.1 Å². The molecule has 26 heavy (non-hydrogen) atoms.